The molecule has 5 heteroatoms. The summed E-state index contributed by atoms with van der Waals surface area (Å²) in [7, 11) is 1.35. The number of phenolic OH excluding ortho intramolecular Hbond substituents is 2. The van der Waals surface area contributed by atoms with E-state index in [4.69, 9.17) is 4.74 Å². The van der Waals surface area contributed by atoms with E-state index in [2.05, 4.69) is 0 Å². The lowest BCUT2D eigenvalue weighted by atomic mass is 9.82. The molecular weight excluding hydrogens is 272 g/mol. The second-order valence-corrected chi connectivity index (χ2v) is 4.88. The third-order valence-corrected chi connectivity index (χ3v) is 3.66. The molecule has 5 nitrogen and oxygen atoms in total. The van der Waals surface area contributed by atoms with Crippen LogP contribution in [-0.2, 0) is 0 Å². The van der Waals surface area contributed by atoms with Crippen LogP contribution in [0.4, 0.5) is 0 Å². The predicted octanol–water partition coefficient (Wildman–Crippen LogP) is 2.19. The number of carbonyl (C=O) groups is 2. The number of ketones is 2. The minimum absolute atomic E-state index is 0.000225. The van der Waals surface area contributed by atoms with Crippen LogP contribution in [0.25, 0.3) is 0 Å². The van der Waals surface area contributed by atoms with Crippen LogP contribution in [-0.4, -0.2) is 28.9 Å². The van der Waals surface area contributed by atoms with Crippen molar-refractivity contribution in [3.8, 4) is 17.2 Å². The lowest BCUT2D eigenvalue weighted by Gasteiger charge is -2.20. The van der Waals surface area contributed by atoms with E-state index in [0.717, 1.165) is 0 Å². The minimum atomic E-state index is -0.459. The highest BCUT2D eigenvalue weighted by molar-refractivity contribution is 6.29. The Morgan fingerprint density at radius 1 is 0.952 bits per heavy atom. The molecule has 0 atom stereocenters. The van der Waals surface area contributed by atoms with Gasteiger partial charge in [0.15, 0.2) is 23.1 Å². The van der Waals surface area contributed by atoms with Crippen LogP contribution in [0.15, 0.2) is 24.3 Å². The summed E-state index contributed by atoms with van der Waals surface area (Å²) < 4.78 is 4.96. The van der Waals surface area contributed by atoms with Crippen LogP contribution >= 0.6 is 0 Å². The topological polar surface area (TPSA) is 83.8 Å². The Balaban J connectivity index is 2.33. The summed E-state index contributed by atoms with van der Waals surface area (Å²) in [5, 5.41) is 19.9. The normalized spacial score (nSPS) is 12.9. The van der Waals surface area contributed by atoms with Gasteiger partial charge in [0.25, 0.3) is 0 Å². The molecular formula is C16H12O5. The first-order chi connectivity index (χ1) is 9.95. The number of carbonyl (C=O) groups excluding carboxylic acids is 2. The van der Waals surface area contributed by atoms with Gasteiger partial charge in [-0.2, -0.15) is 0 Å². The molecule has 2 aromatic rings. The fourth-order valence-corrected chi connectivity index (χ4v) is 2.50. The second kappa shape index (κ2) is 4.34. The van der Waals surface area contributed by atoms with Gasteiger partial charge in [-0.3, -0.25) is 9.59 Å². The van der Waals surface area contributed by atoms with Crippen molar-refractivity contribution in [3.05, 3.63) is 52.1 Å². The summed E-state index contributed by atoms with van der Waals surface area (Å²) in [5.41, 5.74) is 0.876. The zero-order chi connectivity index (χ0) is 15.3. The van der Waals surface area contributed by atoms with Crippen molar-refractivity contribution in [3.63, 3.8) is 0 Å². The van der Waals surface area contributed by atoms with Gasteiger partial charge in [-0.05, 0) is 30.7 Å². The molecule has 106 valence electrons. The number of aromatic hydroxyl groups is 2. The van der Waals surface area contributed by atoms with Crippen LogP contribution in [0, 0.1) is 6.92 Å². The summed E-state index contributed by atoms with van der Waals surface area (Å²) >= 11 is 0. The molecule has 0 radical (unpaired) electrons. The molecule has 0 aromatic heterocycles. The van der Waals surface area contributed by atoms with Gasteiger partial charge < -0.3 is 14.9 Å². The van der Waals surface area contributed by atoms with Gasteiger partial charge in [0, 0.05) is 16.7 Å². The first-order valence-corrected chi connectivity index (χ1v) is 6.28. The van der Waals surface area contributed by atoms with Gasteiger partial charge in [-0.25, -0.2) is 0 Å². The molecule has 0 fully saturated rings. The zero-order valence-electron chi connectivity index (χ0n) is 11.4. The van der Waals surface area contributed by atoms with Crippen molar-refractivity contribution in [2.45, 2.75) is 6.92 Å². The minimum Gasteiger partial charge on any atom is -0.507 e. The van der Waals surface area contributed by atoms with Gasteiger partial charge in [0.05, 0.1) is 12.7 Å². The third-order valence-electron chi connectivity index (χ3n) is 3.66. The molecule has 0 unspecified atom stereocenters. The van der Waals surface area contributed by atoms with Crippen LogP contribution in [0.3, 0.4) is 0 Å². The van der Waals surface area contributed by atoms with Gasteiger partial charge in [-0.15, -0.1) is 0 Å². The van der Waals surface area contributed by atoms with E-state index in [-0.39, 0.29) is 39.5 Å². The number of ether oxygens (including phenoxy) is 1. The maximum absolute atomic E-state index is 12.6. The fourth-order valence-electron chi connectivity index (χ4n) is 2.50. The number of benzene rings is 2. The van der Waals surface area contributed by atoms with Gasteiger partial charge in [0.2, 0.25) is 0 Å². The molecule has 0 aliphatic heterocycles. The van der Waals surface area contributed by atoms with E-state index >= 15 is 0 Å². The Bertz CT molecular complexity index is 805. The molecule has 0 saturated carbocycles. The highest BCUT2D eigenvalue weighted by Gasteiger charge is 2.33. The molecule has 0 spiro atoms. The molecule has 0 amide bonds. The molecule has 0 bridgehead atoms. The average molecular weight is 284 g/mol. The smallest absolute Gasteiger partial charge is 0.198 e. The maximum atomic E-state index is 12.6. The Hall–Kier alpha value is -2.82. The molecule has 2 aromatic carbocycles. The van der Waals surface area contributed by atoms with Gasteiger partial charge >= 0.3 is 0 Å². The van der Waals surface area contributed by atoms with Crippen LogP contribution in [0.1, 0.15) is 37.4 Å². The first-order valence-electron chi connectivity index (χ1n) is 6.28. The van der Waals surface area contributed by atoms with Crippen molar-refractivity contribution in [2.75, 3.05) is 7.11 Å². The van der Waals surface area contributed by atoms with E-state index in [1.165, 1.54) is 25.3 Å². The summed E-state index contributed by atoms with van der Waals surface area (Å²) in [6, 6.07) is 5.62. The summed E-state index contributed by atoms with van der Waals surface area (Å²) in [4.78, 5) is 25.0. The van der Waals surface area contributed by atoms with Crippen molar-refractivity contribution >= 4 is 11.6 Å². The largest absolute Gasteiger partial charge is 0.507 e. The Labute approximate surface area is 120 Å². The Kier molecular flexibility index (Phi) is 2.73. The molecule has 21 heavy (non-hydrogen) atoms. The van der Waals surface area contributed by atoms with E-state index in [1.54, 1.807) is 13.0 Å². The van der Waals surface area contributed by atoms with Crippen molar-refractivity contribution in [1.29, 1.82) is 0 Å². The van der Waals surface area contributed by atoms with Crippen LogP contribution in [0.5, 0.6) is 17.2 Å². The van der Waals surface area contributed by atoms with E-state index < -0.39 is 11.6 Å². The molecule has 1 aliphatic rings. The molecule has 0 saturated heterocycles. The number of rotatable bonds is 1. The predicted molar refractivity (Wildman–Crippen MR) is 74.4 cm³/mol. The lowest BCUT2D eigenvalue weighted by Crippen LogP contribution is -2.21. The van der Waals surface area contributed by atoms with E-state index in [9.17, 15) is 19.8 Å². The SMILES string of the molecule is COc1cc2c(cc1O)C(=O)c1ccc(C)c(O)c1C2=O. The molecule has 0 heterocycles. The quantitative estimate of drug-likeness (QED) is 0.715. The van der Waals surface area contributed by atoms with E-state index in [1.807, 2.05) is 0 Å². The number of aryl methyl sites for hydroxylation is 1. The number of phenols is 2. The highest BCUT2D eigenvalue weighted by Crippen LogP contribution is 2.38. The second-order valence-electron chi connectivity index (χ2n) is 4.88. The van der Waals surface area contributed by atoms with Crippen molar-refractivity contribution < 1.29 is 24.5 Å². The summed E-state index contributed by atoms with van der Waals surface area (Å²) in [5.74, 6) is -1.17. The van der Waals surface area contributed by atoms with Gasteiger partial charge in [-0.1, -0.05) is 6.07 Å². The van der Waals surface area contributed by atoms with Crippen molar-refractivity contribution in [2.24, 2.45) is 0 Å². The summed E-state index contributed by atoms with van der Waals surface area (Å²) in [6.07, 6.45) is 0. The maximum Gasteiger partial charge on any atom is 0.198 e. The van der Waals surface area contributed by atoms with Crippen LogP contribution in [0.2, 0.25) is 0 Å². The standard InChI is InChI=1S/C16H12O5/c1-7-3-4-8-13(14(7)18)16(20)10-6-12(21-2)11(17)5-9(10)15(8)19/h3-6,17-18H,1-2H3. The molecule has 3 rings (SSSR count). The monoisotopic (exact) mass is 284 g/mol. The first kappa shape index (κ1) is 13.2. The number of hydrogen-bond donors (Lipinski definition) is 2. The Morgan fingerprint density at radius 3 is 2.29 bits per heavy atom. The number of fused-ring (bicyclic) bond motifs is 2. The third kappa shape index (κ3) is 1.71. The average Bonchev–Trinajstić information content (AvgIpc) is 2.47. The summed E-state index contributed by atoms with van der Waals surface area (Å²) in [6.45, 7) is 1.65. The highest BCUT2D eigenvalue weighted by atomic mass is 16.5. The number of methoxy groups -OCH3 is 1. The van der Waals surface area contributed by atoms with Crippen molar-refractivity contribution in [1.82, 2.24) is 0 Å². The fraction of sp³-hybridized carbons (Fsp3) is 0.125. The Morgan fingerprint density at radius 2 is 1.62 bits per heavy atom. The number of hydrogen-bond acceptors (Lipinski definition) is 5. The van der Waals surface area contributed by atoms with Crippen LogP contribution < -0.4 is 4.74 Å². The lowest BCUT2D eigenvalue weighted by molar-refractivity contribution is 0.0976. The zero-order valence-corrected chi connectivity index (χ0v) is 11.4. The van der Waals surface area contributed by atoms with E-state index in [0.29, 0.717) is 5.56 Å². The molecule has 1 aliphatic carbocycles. The van der Waals surface area contributed by atoms with Gasteiger partial charge in [0.1, 0.15) is 5.75 Å². The molecule has 2 N–H and O–H groups in total.